The maximum Gasteiger partial charge on any atom is 0.270 e. The lowest BCUT2D eigenvalue weighted by Gasteiger charge is -2.30. The number of amides is 1. The second kappa shape index (κ2) is 5.76. The molecule has 2 rings (SSSR count). The number of anilines is 1. The molecule has 0 aromatic carbocycles. The van der Waals surface area contributed by atoms with E-state index in [4.69, 9.17) is 5.73 Å². The highest BCUT2D eigenvalue weighted by Gasteiger charge is 2.26. The maximum atomic E-state index is 12.0. The molecule has 20 heavy (non-hydrogen) atoms. The lowest BCUT2D eigenvalue weighted by Crippen LogP contribution is -2.46. The summed E-state index contributed by atoms with van der Waals surface area (Å²) >= 11 is 0. The number of nitrogens with two attached hydrogens (primary N) is 1. The third-order valence-corrected chi connectivity index (χ3v) is 4.58. The van der Waals surface area contributed by atoms with E-state index in [2.05, 4.69) is 10.3 Å². The van der Waals surface area contributed by atoms with Gasteiger partial charge in [-0.1, -0.05) is 0 Å². The normalized spacial score (nSPS) is 17.9. The Morgan fingerprint density at radius 3 is 2.55 bits per heavy atom. The van der Waals surface area contributed by atoms with Gasteiger partial charge in [0.25, 0.3) is 5.91 Å². The molecule has 110 valence electrons. The maximum absolute atomic E-state index is 12.0. The molecule has 8 heteroatoms. The van der Waals surface area contributed by atoms with Crippen molar-refractivity contribution >= 4 is 21.6 Å². The molecule has 0 spiro atoms. The average Bonchev–Trinajstić information content (AvgIpc) is 2.39. The van der Waals surface area contributed by atoms with E-state index in [0.717, 1.165) is 0 Å². The van der Waals surface area contributed by atoms with E-state index >= 15 is 0 Å². The third kappa shape index (κ3) is 3.67. The molecule has 1 aromatic heterocycles. The number of hydrogen-bond acceptors (Lipinski definition) is 5. The SMILES string of the molecule is CS(=O)(=O)N1CCC(NC(=O)c2ccc(N)cn2)CC1. The van der Waals surface area contributed by atoms with Gasteiger partial charge in [-0.2, -0.15) is 0 Å². The molecule has 1 saturated heterocycles. The summed E-state index contributed by atoms with van der Waals surface area (Å²) in [5.41, 5.74) is 6.32. The van der Waals surface area contributed by atoms with Crippen molar-refractivity contribution in [1.29, 1.82) is 0 Å². The van der Waals surface area contributed by atoms with E-state index in [1.165, 1.54) is 16.8 Å². The first kappa shape index (κ1) is 14.7. The summed E-state index contributed by atoms with van der Waals surface area (Å²) in [6.45, 7) is 0.859. The largest absolute Gasteiger partial charge is 0.397 e. The number of aromatic nitrogens is 1. The van der Waals surface area contributed by atoms with E-state index in [-0.39, 0.29) is 11.9 Å². The van der Waals surface area contributed by atoms with Gasteiger partial charge in [0.1, 0.15) is 5.69 Å². The summed E-state index contributed by atoms with van der Waals surface area (Å²) in [6.07, 6.45) is 3.84. The molecule has 0 unspecified atom stereocenters. The number of sulfonamides is 1. The molecule has 0 saturated carbocycles. The molecule has 7 nitrogen and oxygen atoms in total. The fourth-order valence-electron chi connectivity index (χ4n) is 2.13. The van der Waals surface area contributed by atoms with Crippen molar-refractivity contribution in [1.82, 2.24) is 14.6 Å². The molecule has 3 N–H and O–H groups in total. The van der Waals surface area contributed by atoms with Crippen LogP contribution in [0.1, 0.15) is 23.3 Å². The molecule has 1 aliphatic rings. The second-order valence-corrected chi connectivity index (χ2v) is 6.87. The molecule has 0 aliphatic carbocycles. The van der Waals surface area contributed by atoms with Crippen LogP contribution < -0.4 is 11.1 Å². The number of carbonyl (C=O) groups is 1. The van der Waals surface area contributed by atoms with Gasteiger partial charge in [-0.25, -0.2) is 17.7 Å². The number of nitrogen functional groups attached to an aromatic ring is 1. The molecular formula is C12H18N4O3S. The van der Waals surface area contributed by atoms with E-state index in [1.807, 2.05) is 0 Å². The first-order valence-corrected chi connectivity index (χ1v) is 8.18. The van der Waals surface area contributed by atoms with Gasteiger partial charge in [0, 0.05) is 19.1 Å². The van der Waals surface area contributed by atoms with Crippen LogP contribution in [0.4, 0.5) is 5.69 Å². The molecule has 0 radical (unpaired) electrons. The van der Waals surface area contributed by atoms with E-state index in [1.54, 1.807) is 12.1 Å². The number of nitrogens with one attached hydrogen (secondary N) is 1. The molecule has 0 atom stereocenters. The highest BCUT2D eigenvalue weighted by Crippen LogP contribution is 2.13. The van der Waals surface area contributed by atoms with Crippen LogP contribution in [0, 0.1) is 0 Å². The molecule has 1 amide bonds. The smallest absolute Gasteiger partial charge is 0.270 e. The van der Waals surface area contributed by atoms with Crippen molar-refractivity contribution in [3.05, 3.63) is 24.0 Å². The second-order valence-electron chi connectivity index (χ2n) is 4.89. The van der Waals surface area contributed by atoms with Crippen LogP contribution in [-0.2, 0) is 10.0 Å². The third-order valence-electron chi connectivity index (χ3n) is 3.28. The number of pyridine rings is 1. The van der Waals surface area contributed by atoms with E-state index in [0.29, 0.717) is 37.3 Å². The lowest BCUT2D eigenvalue weighted by molar-refractivity contribution is 0.0919. The van der Waals surface area contributed by atoms with Gasteiger partial charge >= 0.3 is 0 Å². The van der Waals surface area contributed by atoms with Crippen LogP contribution in [-0.4, -0.2) is 49.0 Å². The first-order valence-electron chi connectivity index (χ1n) is 6.34. The number of nitrogens with zero attached hydrogens (tertiary/aromatic N) is 2. The van der Waals surface area contributed by atoms with Crippen LogP contribution >= 0.6 is 0 Å². The number of carbonyl (C=O) groups excluding carboxylic acids is 1. The Morgan fingerprint density at radius 1 is 1.40 bits per heavy atom. The van der Waals surface area contributed by atoms with Crippen molar-refractivity contribution in [3.8, 4) is 0 Å². The monoisotopic (exact) mass is 298 g/mol. The van der Waals surface area contributed by atoms with Crippen molar-refractivity contribution < 1.29 is 13.2 Å². The molecule has 1 aliphatic heterocycles. The molecular weight excluding hydrogens is 280 g/mol. The van der Waals surface area contributed by atoms with E-state index < -0.39 is 10.0 Å². The average molecular weight is 298 g/mol. The summed E-state index contributed by atoms with van der Waals surface area (Å²) in [5, 5.41) is 2.86. The predicted octanol–water partition coefficient (Wildman–Crippen LogP) is -0.182. The van der Waals surface area contributed by atoms with Gasteiger partial charge in [0.2, 0.25) is 10.0 Å². The minimum Gasteiger partial charge on any atom is -0.397 e. The zero-order valence-corrected chi connectivity index (χ0v) is 12.1. The lowest BCUT2D eigenvalue weighted by atomic mass is 10.1. The molecule has 2 heterocycles. The molecule has 1 aromatic rings. The van der Waals surface area contributed by atoms with Crippen molar-refractivity contribution in [2.45, 2.75) is 18.9 Å². The van der Waals surface area contributed by atoms with Crippen LogP contribution in [0.15, 0.2) is 18.3 Å². The van der Waals surface area contributed by atoms with Crippen LogP contribution in [0.3, 0.4) is 0 Å². The Hall–Kier alpha value is -1.67. The van der Waals surface area contributed by atoms with Crippen molar-refractivity contribution in [2.75, 3.05) is 25.1 Å². The van der Waals surface area contributed by atoms with Crippen LogP contribution in [0.25, 0.3) is 0 Å². The summed E-state index contributed by atoms with van der Waals surface area (Å²) in [7, 11) is -3.14. The quantitative estimate of drug-likeness (QED) is 0.805. The highest BCUT2D eigenvalue weighted by atomic mass is 32.2. The van der Waals surface area contributed by atoms with Crippen LogP contribution in [0.2, 0.25) is 0 Å². The number of piperidine rings is 1. The molecule has 0 bridgehead atoms. The number of rotatable bonds is 3. The minimum absolute atomic E-state index is 0.0279. The highest BCUT2D eigenvalue weighted by molar-refractivity contribution is 7.88. The van der Waals surface area contributed by atoms with E-state index in [9.17, 15) is 13.2 Å². The van der Waals surface area contributed by atoms with Gasteiger partial charge in [0.05, 0.1) is 18.1 Å². The standard InChI is InChI=1S/C12H18N4O3S/c1-20(18,19)16-6-4-10(5-7-16)15-12(17)11-3-2-9(13)8-14-11/h2-3,8,10H,4-7,13H2,1H3,(H,15,17). The van der Waals surface area contributed by atoms with Gasteiger partial charge in [-0.15, -0.1) is 0 Å². The Bertz CT molecular complexity index is 577. The Morgan fingerprint density at radius 2 is 2.05 bits per heavy atom. The summed E-state index contributed by atoms with van der Waals surface area (Å²) in [6, 6.07) is 3.16. The van der Waals surface area contributed by atoms with Gasteiger partial charge < -0.3 is 11.1 Å². The number of hydrogen-bond donors (Lipinski definition) is 2. The topological polar surface area (TPSA) is 105 Å². The fraction of sp³-hybridized carbons (Fsp3) is 0.500. The zero-order valence-electron chi connectivity index (χ0n) is 11.2. The van der Waals surface area contributed by atoms with Crippen molar-refractivity contribution in [3.63, 3.8) is 0 Å². The zero-order chi connectivity index (χ0) is 14.8. The Kier molecular flexibility index (Phi) is 4.24. The predicted molar refractivity (Wildman–Crippen MR) is 75.6 cm³/mol. The Balaban J connectivity index is 1.89. The first-order chi connectivity index (χ1) is 9.36. The van der Waals surface area contributed by atoms with Gasteiger partial charge in [0.15, 0.2) is 0 Å². The van der Waals surface area contributed by atoms with Gasteiger partial charge in [-0.3, -0.25) is 4.79 Å². The molecule has 1 fully saturated rings. The van der Waals surface area contributed by atoms with Gasteiger partial charge in [-0.05, 0) is 25.0 Å². The minimum atomic E-state index is -3.14. The Labute approximate surface area is 118 Å². The summed E-state index contributed by atoms with van der Waals surface area (Å²) in [4.78, 5) is 15.9. The summed E-state index contributed by atoms with van der Waals surface area (Å²) < 4.78 is 24.2. The summed E-state index contributed by atoms with van der Waals surface area (Å²) in [5.74, 6) is -0.261. The van der Waals surface area contributed by atoms with Crippen LogP contribution in [0.5, 0.6) is 0 Å². The fourth-order valence-corrected chi connectivity index (χ4v) is 3.00. The van der Waals surface area contributed by atoms with Crippen molar-refractivity contribution in [2.24, 2.45) is 0 Å².